The Labute approximate surface area is 196 Å². The number of sulfone groups is 1. The first kappa shape index (κ1) is 23.1. The highest BCUT2D eigenvalue weighted by molar-refractivity contribution is 7.99. The van der Waals surface area contributed by atoms with E-state index in [9.17, 15) is 18.0 Å². The molecule has 0 saturated carbocycles. The molecule has 1 fully saturated rings. The van der Waals surface area contributed by atoms with Crippen LogP contribution in [0.4, 0.5) is 5.69 Å². The van der Waals surface area contributed by atoms with Gasteiger partial charge < -0.3 is 19.5 Å². The average Bonchev–Trinajstić information content (AvgIpc) is 3.39. The second kappa shape index (κ2) is 9.44. The van der Waals surface area contributed by atoms with Crippen LogP contribution >= 0.6 is 11.8 Å². The number of benzene rings is 2. The minimum absolute atomic E-state index is 0.0990. The molecular formula is C22H24N4O5S2. The zero-order valence-corrected chi connectivity index (χ0v) is 19.9. The van der Waals surface area contributed by atoms with Crippen molar-refractivity contribution in [2.45, 2.75) is 18.3 Å². The molecule has 1 aromatic heterocycles. The number of imidazole rings is 1. The number of carbonyl (C=O) groups excluding carboxylic acids is 2. The number of thioether (sulfide) groups is 1. The Morgan fingerprint density at radius 3 is 2.61 bits per heavy atom. The van der Waals surface area contributed by atoms with Crippen molar-refractivity contribution in [3.8, 4) is 5.75 Å². The lowest BCUT2D eigenvalue weighted by atomic mass is 10.2. The van der Waals surface area contributed by atoms with Crippen molar-refractivity contribution >= 4 is 50.1 Å². The normalized spacial score (nSPS) is 16.2. The number of carbonyl (C=O) groups is 2. The molecule has 33 heavy (non-hydrogen) atoms. The Balaban J connectivity index is 1.53. The van der Waals surface area contributed by atoms with Gasteiger partial charge in [-0.2, -0.15) is 0 Å². The molecule has 3 aromatic rings. The SMILES string of the molecule is COc1ccc(NC(=O)C2CSCN2C(=O)Cn2c(CS(C)(=O)=O)nc3ccccc32)cc1. The van der Waals surface area contributed by atoms with Crippen LogP contribution in [0.3, 0.4) is 0 Å². The Bertz CT molecular complexity index is 1290. The molecule has 1 N–H and O–H groups in total. The molecule has 1 aliphatic rings. The first-order valence-corrected chi connectivity index (χ1v) is 13.4. The maximum atomic E-state index is 13.2. The highest BCUT2D eigenvalue weighted by atomic mass is 32.2. The number of fused-ring (bicyclic) bond motifs is 1. The van der Waals surface area contributed by atoms with Crippen molar-refractivity contribution in [1.29, 1.82) is 0 Å². The van der Waals surface area contributed by atoms with Crippen LogP contribution < -0.4 is 10.1 Å². The van der Waals surface area contributed by atoms with Gasteiger partial charge in [-0.3, -0.25) is 9.59 Å². The van der Waals surface area contributed by atoms with Gasteiger partial charge >= 0.3 is 0 Å². The molecule has 2 amide bonds. The molecule has 0 bridgehead atoms. The smallest absolute Gasteiger partial charge is 0.248 e. The lowest BCUT2D eigenvalue weighted by Gasteiger charge is -2.24. The molecule has 9 nitrogen and oxygen atoms in total. The van der Waals surface area contributed by atoms with E-state index in [0.29, 0.717) is 39.9 Å². The number of hydrogen-bond acceptors (Lipinski definition) is 7. The van der Waals surface area contributed by atoms with E-state index >= 15 is 0 Å². The second-order valence-corrected chi connectivity index (χ2v) is 10.9. The number of hydrogen-bond donors (Lipinski definition) is 1. The zero-order chi connectivity index (χ0) is 23.6. The fraction of sp³-hybridized carbons (Fsp3) is 0.318. The van der Waals surface area contributed by atoms with E-state index in [0.717, 1.165) is 6.26 Å². The molecule has 1 unspecified atom stereocenters. The molecule has 174 valence electrons. The molecule has 11 heteroatoms. The van der Waals surface area contributed by atoms with Crippen molar-refractivity contribution in [3.63, 3.8) is 0 Å². The number of nitrogens with zero attached hydrogens (tertiary/aromatic N) is 3. The largest absolute Gasteiger partial charge is 0.497 e. The molecule has 2 aromatic carbocycles. The molecular weight excluding hydrogens is 464 g/mol. The minimum atomic E-state index is -3.35. The number of anilines is 1. The number of para-hydroxylation sites is 2. The summed E-state index contributed by atoms with van der Waals surface area (Å²) >= 11 is 1.50. The summed E-state index contributed by atoms with van der Waals surface area (Å²) in [4.78, 5) is 32.1. The minimum Gasteiger partial charge on any atom is -0.497 e. The molecule has 2 heterocycles. The number of rotatable bonds is 7. The van der Waals surface area contributed by atoms with Gasteiger partial charge in [0.2, 0.25) is 11.8 Å². The summed E-state index contributed by atoms with van der Waals surface area (Å²) < 4.78 is 30.6. The molecule has 0 aliphatic carbocycles. The summed E-state index contributed by atoms with van der Waals surface area (Å²) in [7, 11) is -1.78. The van der Waals surface area contributed by atoms with E-state index < -0.39 is 15.9 Å². The van der Waals surface area contributed by atoms with E-state index in [2.05, 4.69) is 10.3 Å². The van der Waals surface area contributed by atoms with Crippen LogP contribution in [-0.2, 0) is 31.7 Å². The molecule has 4 rings (SSSR count). The summed E-state index contributed by atoms with van der Waals surface area (Å²) in [6.07, 6.45) is 1.13. The molecule has 1 aliphatic heterocycles. The Hall–Kier alpha value is -3.05. The number of aromatic nitrogens is 2. The summed E-state index contributed by atoms with van der Waals surface area (Å²) in [6, 6.07) is 13.5. The van der Waals surface area contributed by atoms with Crippen molar-refractivity contribution in [3.05, 3.63) is 54.4 Å². The van der Waals surface area contributed by atoms with Crippen molar-refractivity contribution < 1.29 is 22.7 Å². The van der Waals surface area contributed by atoms with Gasteiger partial charge in [-0.25, -0.2) is 13.4 Å². The first-order valence-electron chi connectivity index (χ1n) is 10.2. The van der Waals surface area contributed by atoms with E-state index in [1.807, 2.05) is 12.1 Å². The van der Waals surface area contributed by atoms with Crippen LogP contribution in [0, 0.1) is 0 Å². The van der Waals surface area contributed by atoms with Crippen LogP contribution in [0.5, 0.6) is 5.75 Å². The van der Waals surface area contributed by atoms with E-state index in [-0.39, 0.29) is 24.1 Å². The van der Waals surface area contributed by atoms with Gasteiger partial charge in [0.1, 0.15) is 29.9 Å². The third kappa shape index (κ3) is 5.31. The fourth-order valence-corrected chi connectivity index (χ4v) is 5.55. The van der Waals surface area contributed by atoms with E-state index in [1.54, 1.807) is 48.1 Å². The standard InChI is InChI=1S/C22H24N4O5S2/c1-31-16-9-7-15(8-10-16)23-22(28)19-12-32-14-26(19)21(27)11-25-18-6-4-3-5-17(18)24-20(25)13-33(2,29)30/h3-10,19H,11-14H2,1-2H3,(H,23,28). The lowest BCUT2D eigenvalue weighted by molar-refractivity contribution is -0.136. The number of nitrogens with one attached hydrogen (secondary N) is 1. The molecule has 0 spiro atoms. The maximum Gasteiger partial charge on any atom is 0.248 e. The van der Waals surface area contributed by atoms with Crippen LogP contribution in [-0.4, -0.2) is 65.7 Å². The Morgan fingerprint density at radius 2 is 1.91 bits per heavy atom. The van der Waals surface area contributed by atoms with Crippen LogP contribution in [0.1, 0.15) is 5.82 Å². The van der Waals surface area contributed by atoms with Gasteiger partial charge in [0.15, 0.2) is 9.84 Å². The van der Waals surface area contributed by atoms with Crippen LogP contribution in [0.15, 0.2) is 48.5 Å². The number of amides is 2. The van der Waals surface area contributed by atoms with Gasteiger partial charge in [0, 0.05) is 17.7 Å². The maximum absolute atomic E-state index is 13.2. The Morgan fingerprint density at radius 1 is 1.18 bits per heavy atom. The van der Waals surface area contributed by atoms with Crippen molar-refractivity contribution in [2.75, 3.05) is 30.3 Å². The van der Waals surface area contributed by atoms with E-state index in [1.165, 1.54) is 16.7 Å². The second-order valence-electron chi connectivity index (χ2n) is 7.77. The predicted octanol–water partition coefficient (Wildman–Crippen LogP) is 2.13. The third-order valence-electron chi connectivity index (χ3n) is 5.28. The third-order valence-corrected chi connectivity index (χ3v) is 7.08. The average molecular weight is 489 g/mol. The van der Waals surface area contributed by atoms with Gasteiger partial charge in [0.05, 0.1) is 24.0 Å². The van der Waals surface area contributed by atoms with Gasteiger partial charge in [-0.1, -0.05) is 12.1 Å². The Kier molecular flexibility index (Phi) is 6.61. The lowest BCUT2D eigenvalue weighted by Crippen LogP contribution is -2.45. The zero-order valence-electron chi connectivity index (χ0n) is 18.2. The fourth-order valence-electron chi connectivity index (χ4n) is 3.68. The quantitative estimate of drug-likeness (QED) is 0.542. The highest BCUT2D eigenvalue weighted by Gasteiger charge is 2.35. The van der Waals surface area contributed by atoms with Crippen LogP contribution in [0.2, 0.25) is 0 Å². The van der Waals surface area contributed by atoms with Gasteiger partial charge in [-0.05, 0) is 36.4 Å². The predicted molar refractivity (Wildman–Crippen MR) is 128 cm³/mol. The molecule has 1 atom stereocenters. The van der Waals surface area contributed by atoms with E-state index in [4.69, 9.17) is 4.74 Å². The number of methoxy groups -OCH3 is 1. The summed E-state index contributed by atoms with van der Waals surface area (Å²) in [6.45, 7) is -0.0990. The summed E-state index contributed by atoms with van der Waals surface area (Å²) in [5.74, 6) is 1.03. The topological polar surface area (TPSA) is 111 Å². The van der Waals surface area contributed by atoms with Gasteiger partial charge in [-0.15, -0.1) is 11.8 Å². The summed E-state index contributed by atoms with van der Waals surface area (Å²) in [5, 5.41) is 2.85. The molecule has 1 saturated heterocycles. The summed E-state index contributed by atoms with van der Waals surface area (Å²) in [5.41, 5.74) is 1.91. The van der Waals surface area contributed by atoms with Gasteiger partial charge in [0.25, 0.3) is 0 Å². The first-order chi connectivity index (χ1) is 15.7. The highest BCUT2D eigenvalue weighted by Crippen LogP contribution is 2.25. The monoisotopic (exact) mass is 488 g/mol. The number of ether oxygens (including phenoxy) is 1. The van der Waals surface area contributed by atoms with Crippen molar-refractivity contribution in [2.24, 2.45) is 0 Å². The molecule has 0 radical (unpaired) electrons. The van der Waals surface area contributed by atoms with Crippen LogP contribution in [0.25, 0.3) is 11.0 Å². The van der Waals surface area contributed by atoms with Crippen molar-refractivity contribution in [1.82, 2.24) is 14.5 Å².